The number of carboxylic acid groups (broad SMARTS) is 1. The summed E-state index contributed by atoms with van der Waals surface area (Å²) >= 11 is 0. The summed E-state index contributed by atoms with van der Waals surface area (Å²) in [6.07, 6.45) is 0.405. The molecule has 0 fully saturated rings. The minimum absolute atomic E-state index is 0.0362. The lowest BCUT2D eigenvalue weighted by Crippen LogP contribution is -2.22. The summed E-state index contributed by atoms with van der Waals surface area (Å²) < 4.78 is 31.5. The van der Waals surface area contributed by atoms with E-state index in [-0.39, 0.29) is 18.0 Å². The van der Waals surface area contributed by atoms with Crippen LogP contribution in [0.4, 0.5) is 14.5 Å². The Morgan fingerprint density at radius 3 is 2.61 bits per heavy atom. The molecule has 6 heteroatoms. The van der Waals surface area contributed by atoms with Crippen LogP contribution in [0.25, 0.3) is 0 Å². The molecule has 0 radical (unpaired) electrons. The van der Waals surface area contributed by atoms with Crippen molar-refractivity contribution in [2.45, 2.75) is 13.3 Å². The van der Waals surface area contributed by atoms with Crippen LogP contribution in [0.3, 0.4) is 0 Å². The molecule has 0 aliphatic carbocycles. The van der Waals surface area contributed by atoms with Gasteiger partial charge in [-0.2, -0.15) is 0 Å². The minimum atomic E-state index is -0.973. The topological polar surface area (TPSA) is 58.6 Å². The molecule has 0 aliphatic rings. The molecule has 1 rings (SSSR count). The monoisotopic (exact) mass is 259 g/mol. The molecule has 0 spiro atoms. The van der Waals surface area contributed by atoms with Gasteiger partial charge in [0.15, 0.2) is 11.6 Å². The van der Waals surface area contributed by atoms with Gasteiger partial charge in [-0.05, 0) is 6.42 Å². The van der Waals surface area contributed by atoms with Crippen LogP contribution in [0.15, 0.2) is 12.1 Å². The highest BCUT2D eigenvalue weighted by atomic mass is 19.1. The molecule has 0 saturated carbocycles. The van der Waals surface area contributed by atoms with E-state index in [1.807, 2.05) is 0 Å². The van der Waals surface area contributed by atoms with E-state index >= 15 is 0 Å². The maximum atomic E-state index is 13.5. The number of hydrogen-bond acceptors (Lipinski definition) is 3. The van der Waals surface area contributed by atoms with E-state index in [0.29, 0.717) is 6.42 Å². The molecule has 100 valence electrons. The second kappa shape index (κ2) is 6.18. The number of rotatable bonds is 6. The van der Waals surface area contributed by atoms with Crippen molar-refractivity contribution in [1.82, 2.24) is 0 Å². The quantitative estimate of drug-likeness (QED) is 0.824. The molecule has 1 aromatic rings. The molecule has 1 unspecified atom stereocenters. The third-order valence-corrected chi connectivity index (χ3v) is 2.62. The van der Waals surface area contributed by atoms with Crippen molar-refractivity contribution in [3.8, 4) is 5.75 Å². The molecule has 0 amide bonds. The Kier molecular flexibility index (Phi) is 4.88. The van der Waals surface area contributed by atoms with E-state index in [2.05, 4.69) is 10.1 Å². The second-order valence-corrected chi connectivity index (χ2v) is 3.79. The van der Waals surface area contributed by atoms with Crippen LogP contribution >= 0.6 is 0 Å². The number of hydrogen-bond donors (Lipinski definition) is 2. The largest absolute Gasteiger partial charge is 0.494 e. The summed E-state index contributed by atoms with van der Waals surface area (Å²) in [6.45, 7) is 1.75. The maximum absolute atomic E-state index is 13.5. The van der Waals surface area contributed by atoms with Gasteiger partial charge in [-0.1, -0.05) is 6.92 Å². The third kappa shape index (κ3) is 3.32. The van der Waals surface area contributed by atoms with Crippen LogP contribution in [-0.4, -0.2) is 24.7 Å². The van der Waals surface area contributed by atoms with Crippen LogP contribution in [0, 0.1) is 17.6 Å². The van der Waals surface area contributed by atoms with E-state index in [1.165, 1.54) is 7.11 Å². The minimum Gasteiger partial charge on any atom is -0.494 e. The van der Waals surface area contributed by atoms with Crippen LogP contribution in [0.5, 0.6) is 5.75 Å². The highest BCUT2D eigenvalue weighted by Gasteiger charge is 2.16. The molecule has 4 nitrogen and oxygen atoms in total. The third-order valence-electron chi connectivity index (χ3n) is 2.62. The maximum Gasteiger partial charge on any atom is 0.308 e. The first-order valence-electron chi connectivity index (χ1n) is 5.49. The molecule has 2 N–H and O–H groups in total. The van der Waals surface area contributed by atoms with Gasteiger partial charge in [0.05, 0.1) is 18.7 Å². The molecule has 0 bridgehead atoms. The van der Waals surface area contributed by atoms with Crippen LogP contribution < -0.4 is 10.1 Å². The zero-order chi connectivity index (χ0) is 13.7. The Hall–Kier alpha value is -1.85. The van der Waals surface area contributed by atoms with Crippen molar-refractivity contribution in [3.05, 3.63) is 23.8 Å². The van der Waals surface area contributed by atoms with Gasteiger partial charge in [0.1, 0.15) is 5.82 Å². The van der Waals surface area contributed by atoms with Gasteiger partial charge in [-0.15, -0.1) is 0 Å². The van der Waals surface area contributed by atoms with Gasteiger partial charge >= 0.3 is 5.97 Å². The van der Waals surface area contributed by atoms with Gasteiger partial charge in [0.2, 0.25) is 0 Å². The molecular weight excluding hydrogens is 244 g/mol. The van der Waals surface area contributed by atoms with Crippen molar-refractivity contribution >= 4 is 11.7 Å². The van der Waals surface area contributed by atoms with E-state index in [9.17, 15) is 13.6 Å². The Morgan fingerprint density at radius 1 is 1.44 bits per heavy atom. The van der Waals surface area contributed by atoms with Crippen LogP contribution in [0.2, 0.25) is 0 Å². The zero-order valence-electron chi connectivity index (χ0n) is 10.2. The first-order chi connectivity index (χ1) is 8.49. The number of aliphatic carboxylic acids is 1. The highest BCUT2D eigenvalue weighted by Crippen LogP contribution is 2.24. The lowest BCUT2D eigenvalue weighted by atomic mass is 10.1. The highest BCUT2D eigenvalue weighted by molar-refractivity contribution is 5.70. The molecule has 0 saturated heterocycles. The van der Waals surface area contributed by atoms with Gasteiger partial charge in [0, 0.05) is 18.7 Å². The summed E-state index contributed by atoms with van der Waals surface area (Å²) in [4.78, 5) is 10.8. The summed E-state index contributed by atoms with van der Waals surface area (Å²) in [5.74, 6) is -3.20. The first-order valence-corrected chi connectivity index (χ1v) is 5.49. The van der Waals surface area contributed by atoms with Gasteiger partial charge in [0.25, 0.3) is 0 Å². The van der Waals surface area contributed by atoms with E-state index in [0.717, 1.165) is 12.1 Å². The fraction of sp³-hybridized carbons (Fsp3) is 0.417. The average Bonchev–Trinajstić information content (AvgIpc) is 2.33. The van der Waals surface area contributed by atoms with Crippen molar-refractivity contribution in [2.75, 3.05) is 19.0 Å². The number of anilines is 1. The van der Waals surface area contributed by atoms with Crippen LogP contribution in [-0.2, 0) is 4.79 Å². The Bertz CT molecular complexity index is 438. The molecule has 0 aliphatic heterocycles. The smallest absolute Gasteiger partial charge is 0.308 e. The van der Waals surface area contributed by atoms with Gasteiger partial charge in [-0.25, -0.2) is 8.78 Å². The second-order valence-electron chi connectivity index (χ2n) is 3.79. The van der Waals surface area contributed by atoms with Crippen molar-refractivity contribution in [1.29, 1.82) is 0 Å². The number of methoxy groups -OCH3 is 1. The summed E-state index contributed by atoms with van der Waals surface area (Å²) in [7, 11) is 1.24. The van der Waals surface area contributed by atoms with Crippen molar-refractivity contribution in [3.63, 3.8) is 0 Å². The lowest BCUT2D eigenvalue weighted by Gasteiger charge is -2.13. The molecule has 18 heavy (non-hydrogen) atoms. The number of halogens is 2. The molecular formula is C12H15F2NO3. The number of ether oxygens (including phenoxy) is 1. The normalized spacial score (nSPS) is 12.0. The number of benzene rings is 1. The summed E-state index contributed by atoms with van der Waals surface area (Å²) in [5.41, 5.74) is -0.0759. The Morgan fingerprint density at radius 2 is 2.11 bits per heavy atom. The predicted molar refractivity (Wildman–Crippen MR) is 62.8 cm³/mol. The Labute approximate surface area is 104 Å². The van der Waals surface area contributed by atoms with Gasteiger partial charge < -0.3 is 15.2 Å². The molecule has 0 heterocycles. The SMILES string of the molecule is CCC(CNc1cc(F)c(OC)cc1F)C(=O)O. The van der Waals surface area contributed by atoms with Crippen LogP contribution in [0.1, 0.15) is 13.3 Å². The molecule has 0 aromatic heterocycles. The predicted octanol–water partition coefficient (Wildman–Crippen LogP) is 2.50. The number of nitrogens with one attached hydrogen (secondary N) is 1. The molecule has 1 atom stereocenters. The average molecular weight is 259 g/mol. The lowest BCUT2D eigenvalue weighted by molar-refractivity contribution is -0.141. The van der Waals surface area contributed by atoms with Crippen molar-refractivity contribution in [2.24, 2.45) is 5.92 Å². The van der Waals surface area contributed by atoms with Gasteiger partial charge in [-0.3, -0.25) is 4.79 Å². The van der Waals surface area contributed by atoms with E-state index < -0.39 is 23.5 Å². The van der Waals surface area contributed by atoms with Crippen molar-refractivity contribution < 1.29 is 23.4 Å². The van der Waals surface area contributed by atoms with E-state index in [4.69, 9.17) is 5.11 Å². The van der Waals surface area contributed by atoms with E-state index in [1.54, 1.807) is 6.92 Å². The standard InChI is InChI=1S/C12H15F2NO3/c1-3-7(12(16)17)6-15-10-4-9(14)11(18-2)5-8(10)13/h4-5,7,15H,3,6H2,1-2H3,(H,16,17). The summed E-state index contributed by atoms with van der Waals surface area (Å²) in [5, 5.41) is 11.4. The first kappa shape index (κ1) is 14.2. The number of carbonyl (C=O) groups is 1. The fourth-order valence-electron chi connectivity index (χ4n) is 1.46. The summed E-state index contributed by atoms with van der Waals surface area (Å²) in [6, 6.07) is 1.86. The Balaban J connectivity index is 2.79. The fourth-order valence-corrected chi connectivity index (χ4v) is 1.46. The zero-order valence-corrected chi connectivity index (χ0v) is 10.2. The number of carboxylic acids is 1. The molecule has 1 aromatic carbocycles.